The summed E-state index contributed by atoms with van der Waals surface area (Å²) in [5, 5.41) is -3.33. The van der Waals surface area contributed by atoms with Gasteiger partial charge in [-0.25, -0.2) is 8.42 Å². The molecule has 7 nitrogen and oxygen atoms in total. The molecule has 0 radical (unpaired) electrons. The highest BCUT2D eigenvalue weighted by Crippen LogP contribution is 2.26. The largest absolute Gasteiger partial charge is 0.747 e. The minimum absolute atomic E-state index is 0.220. The van der Waals surface area contributed by atoms with Crippen LogP contribution in [-0.2, 0) is 29.2 Å². The molecule has 1 fully saturated rings. The Bertz CT molecular complexity index is 538. The lowest BCUT2D eigenvalue weighted by molar-refractivity contribution is -0.161. The van der Waals surface area contributed by atoms with Gasteiger partial charge >= 0.3 is 18.1 Å². The van der Waals surface area contributed by atoms with Crippen molar-refractivity contribution in [2.24, 2.45) is 0 Å². The molecule has 0 saturated heterocycles. The van der Waals surface area contributed by atoms with Gasteiger partial charge in [0.2, 0.25) is 0 Å². The predicted octanol–water partition coefficient (Wildman–Crippen LogP) is 1.66. The van der Waals surface area contributed by atoms with Crippen LogP contribution in [0.5, 0.6) is 0 Å². The van der Waals surface area contributed by atoms with Gasteiger partial charge in [-0.3, -0.25) is 9.59 Å². The molecule has 0 aromatic heterocycles. The molecule has 1 aliphatic carbocycles. The van der Waals surface area contributed by atoms with Gasteiger partial charge < -0.3 is 14.0 Å². The van der Waals surface area contributed by atoms with Crippen LogP contribution < -0.4 is 0 Å². The van der Waals surface area contributed by atoms with Crippen LogP contribution in [0.25, 0.3) is 0 Å². The molecule has 0 amide bonds. The second kappa shape index (κ2) is 8.65. The Morgan fingerprint density at radius 3 is 2.12 bits per heavy atom. The summed E-state index contributed by atoms with van der Waals surface area (Å²) in [6, 6.07) is 0. The first-order chi connectivity index (χ1) is 11.0. The van der Waals surface area contributed by atoms with Crippen molar-refractivity contribution in [1.29, 1.82) is 0 Å². The van der Waals surface area contributed by atoms with Crippen LogP contribution in [-0.4, -0.2) is 49.0 Å². The molecule has 0 spiro atoms. The summed E-state index contributed by atoms with van der Waals surface area (Å²) >= 11 is 0. The average molecular weight is 375 g/mol. The minimum Gasteiger partial charge on any atom is -0.747 e. The van der Waals surface area contributed by atoms with E-state index in [1.165, 1.54) is 0 Å². The van der Waals surface area contributed by atoms with Gasteiger partial charge in [0, 0.05) is 0 Å². The van der Waals surface area contributed by atoms with Gasteiger partial charge in [-0.2, -0.15) is 13.2 Å². The van der Waals surface area contributed by atoms with Crippen LogP contribution in [0, 0.1) is 0 Å². The third kappa shape index (κ3) is 7.47. The van der Waals surface area contributed by atoms with E-state index in [0.29, 0.717) is 0 Å². The van der Waals surface area contributed by atoms with Crippen LogP contribution in [0.2, 0.25) is 0 Å². The molecule has 0 aromatic rings. The van der Waals surface area contributed by atoms with Gasteiger partial charge in [-0.1, -0.05) is 6.42 Å². The number of alkyl halides is 3. The summed E-state index contributed by atoms with van der Waals surface area (Å²) in [7, 11) is -5.71. The number of hydrogen-bond acceptors (Lipinski definition) is 7. The zero-order valence-corrected chi connectivity index (χ0v) is 13.5. The number of ether oxygens (including phenoxy) is 2. The summed E-state index contributed by atoms with van der Waals surface area (Å²) < 4.78 is 78.1. The average Bonchev–Trinajstić information content (AvgIpc) is 2.43. The first kappa shape index (κ1) is 20.7. The van der Waals surface area contributed by atoms with E-state index >= 15 is 0 Å². The van der Waals surface area contributed by atoms with Crippen LogP contribution in [0.1, 0.15) is 44.9 Å². The van der Waals surface area contributed by atoms with Crippen molar-refractivity contribution >= 4 is 22.1 Å². The second-order valence-electron chi connectivity index (χ2n) is 5.46. The van der Waals surface area contributed by atoms with E-state index in [4.69, 9.17) is 4.74 Å². The molecule has 0 aromatic carbocycles. The molecule has 0 bridgehead atoms. The van der Waals surface area contributed by atoms with Crippen molar-refractivity contribution in [3.63, 3.8) is 0 Å². The molecule has 1 aliphatic rings. The summed E-state index contributed by atoms with van der Waals surface area (Å²) in [4.78, 5) is 22.8. The van der Waals surface area contributed by atoms with Crippen molar-refractivity contribution in [2.75, 3.05) is 6.61 Å². The summed E-state index contributed by atoms with van der Waals surface area (Å²) in [5.74, 6) is -1.89. The van der Waals surface area contributed by atoms with Crippen molar-refractivity contribution < 1.29 is 45.2 Å². The Labute approximate surface area is 137 Å². The quantitative estimate of drug-likeness (QED) is 0.492. The highest BCUT2D eigenvalue weighted by Gasteiger charge is 2.45. The lowest BCUT2D eigenvalue weighted by Gasteiger charge is -2.23. The van der Waals surface area contributed by atoms with Crippen LogP contribution in [0.15, 0.2) is 0 Å². The van der Waals surface area contributed by atoms with Crippen molar-refractivity contribution in [3.8, 4) is 0 Å². The number of halogens is 3. The number of hydrogen-bond donors (Lipinski definition) is 0. The third-order valence-corrected chi connectivity index (χ3v) is 4.59. The van der Waals surface area contributed by atoms with E-state index in [1.54, 1.807) is 0 Å². The highest BCUT2D eigenvalue weighted by atomic mass is 32.2. The number of carbonyl (C=O) groups excluding carboxylic acids is 2. The van der Waals surface area contributed by atoms with Gasteiger partial charge in [-0.05, 0) is 25.7 Å². The Kier molecular flexibility index (Phi) is 7.46. The molecule has 1 atom stereocenters. The monoisotopic (exact) mass is 375 g/mol. The van der Waals surface area contributed by atoms with Crippen molar-refractivity contribution in [2.45, 2.75) is 62.5 Å². The lowest BCUT2D eigenvalue weighted by atomic mass is 9.98. The zero-order valence-electron chi connectivity index (χ0n) is 12.7. The fourth-order valence-corrected chi connectivity index (χ4v) is 2.78. The zero-order chi connectivity index (χ0) is 18.4. The topological polar surface area (TPSA) is 110 Å². The lowest BCUT2D eigenvalue weighted by Crippen LogP contribution is -2.41. The first-order valence-electron chi connectivity index (χ1n) is 7.36. The highest BCUT2D eigenvalue weighted by molar-refractivity contribution is 7.86. The maximum atomic E-state index is 12.4. The molecular formula is C13H18F3O7S-. The van der Waals surface area contributed by atoms with E-state index < -0.39 is 52.9 Å². The normalized spacial score (nSPS) is 18.0. The Hall–Kier alpha value is -1.36. The first-order valence-corrected chi connectivity index (χ1v) is 8.84. The Balaban J connectivity index is 2.36. The Morgan fingerprint density at radius 2 is 1.62 bits per heavy atom. The SMILES string of the molecule is O=C(CCC(=O)OC1CCCCC1)OCC(C(F)(F)F)S(=O)(=O)[O-]. The molecule has 1 saturated carbocycles. The molecular weight excluding hydrogens is 357 g/mol. The van der Waals surface area contributed by atoms with E-state index in [9.17, 15) is 35.7 Å². The molecule has 1 unspecified atom stereocenters. The smallest absolute Gasteiger partial charge is 0.407 e. The van der Waals surface area contributed by atoms with Gasteiger partial charge in [0.25, 0.3) is 0 Å². The fourth-order valence-electron chi connectivity index (χ4n) is 2.21. The minimum atomic E-state index is -5.71. The predicted molar refractivity (Wildman–Crippen MR) is 72.7 cm³/mol. The van der Waals surface area contributed by atoms with Gasteiger partial charge in [0.15, 0.2) is 5.25 Å². The number of rotatable bonds is 7. The van der Waals surface area contributed by atoms with Crippen molar-refractivity contribution in [3.05, 3.63) is 0 Å². The summed E-state index contributed by atoms with van der Waals surface area (Å²) in [5.41, 5.74) is 0. The molecule has 0 N–H and O–H groups in total. The standard InChI is InChI=1S/C13H19F3O7S/c14-13(15,16)10(24(19,20)21)8-22-11(17)6-7-12(18)23-9-4-2-1-3-5-9/h9-10H,1-8H2,(H,19,20,21)/p-1. The maximum absolute atomic E-state index is 12.4. The second-order valence-corrected chi connectivity index (χ2v) is 7.01. The van der Waals surface area contributed by atoms with Crippen molar-refractivity contribution in [1.82, 2.24) is 0 Å². The van der Waals surface area contributed by atoms with Crippen LogP contribution >= 0.6 is 0 Å². The number of carbonyl (C=O) groups is 2. The van der Waals surface area contributed by atoms with E-state index in [1.807, 2.05) is 0 Å². The van der Waals surface area contributed by atoms with E-state index in [-0.39, 0.29) is 6.10 Å². The fraction of sp³-hybridized carbons (Fsp3) is 0.846. The Morgan fingerprint density at radius 1 is 1.08 bits per heavy atom. The van der Waals surface area contributed by atoms with Crippen LogP contribution in [0.4, 0.5) is 13.2 Å². The molecule has 11 heteroatoms. The molecule has 140 valence electrons. The molecule has 0 aliphatic heterocycles. The van der Waals surface area contributed by atoms with E-state index in [2.05, 4.69) is 4.74 Å². The van der Waals surface area contributed by atoms with Gasteiger partial charge in [-0.15, -0.1) is 0 Å². The van der Waals surface area contributed by atoms with Gasteiger partial charge in [0.05, 0.1) is 12.8 Å². The van der Waals surface area contributed by atoms with Gasteiger partial charge in [0.1, 0.15) is 22.8 Å². The summed E-state index contributed by atoms with van der Waals surface area (Å²) in [6.07, 6.45) is -2.14. The number of esters is 2. The summed E-state index contributed by atoms with van der Waals surface area (Å²) in [6.45, 7) is -1.63. The molecule has 24 heavy (non-hydrogen) atoms. The molecule has 1 rings (SSSR count). The molecule has 0 heterocycles. The third-order valence-electron chi connectivity index (χ3n) is 3.49. The van der Waals surface area contributed by atoms with E-state index in [0.717, 1.165) is 32.1 Å². The maximum Gasteiger partial charge on any atom is 0.407 e. The van der Waals surface area contributed by atoms with Crippen LogP contribution in [0.3, 0.4) is 0 Å².